The SMILES string of the molecule is CC(=O)C1C2CCCC(CC2)C1Nc1nc(-c2[nH]nc3ncc(F)cc23)ncc1F. The van der Waals surface area contributed by atoms with E-state index in [9.17, 15) is 13.6 Å². The maximum Gasteiger partial charge on any atom is 0.183 e. The Morgan fingerprint density at radius 3 is 2.77 bits per heavy atom. The minimum Gasteiger partial charge on any atom is -0.364 e. The van der Waals surface area contributed by atoms with Crippen LogP contribution in [0, 0.1) is 29.4 Å². The highest BCUT2D eigenvalue weighted by atomic mass is 19.1. The van der Waals surface area contributed by atoms with Gasteiger partial charge in [0, 0.05) is 12.0 Å². The van der Waals surface area contributed by atoms with Crippen LogP contribution in [0.2, 0.25) is 0 Å². The van der Waals surface area contributed by atoms with E-state index in [1.165, 1.54) is 6.07 Å². The standard InChI is InChI=1S/C21H22F2N6O/c1-10(30)16-11-3-2-4-12(6-5-11)17(16)26-20-15(23)9-25-21(27-20)18-14-7-13(22)8-24-19(14)29-28-18/h7-9,11-12,16-17H,2-6H2,1H3,(H,24,28,29)(H,25,26,27). The second-order valence-corrected chi connectivity index (χ2v) is 8.35. The lowest BCUT2D eigenvalue weighted by atomic mass is 9.70. The molecule has 3 fully saturated rings. The van der Waals surface area contributed by atoms with Gasteiger partial charge < -0.3 is 5.32 Å². The van der Waals surface area contributed by atoms with Crippen LogP contribution in [0.5, 0.6) is 0 Å². The Morgan fingerprint density at radius 2 is 1.93 bits per heavy atom. The lowest BCUT2D eigenvalue weighted by Gasteiger charge is -2.40. The fourth-order valence-corrected chi connectivity index (χ4v) is 5.25. The number of ketones is 1. The Hall–Kier alpha value is -2.97. The van der Waals surface area contributed by atoms with Crippen molar-refractivity contribution in [2.24, 2.45) is 17.8 Å². The molecule has 0 saturated heterocycles. The second kappa shape index (κ2) is 7.37. The minimum atomic E-state index is -0.589. The molecular weight excluding hydrogens is 390 g/mol. The number of carbonyl (C=O) groups excluding carboxylic acids is 1. The number of hydrogen-bond donors (Lipinski definition) is 2. The van der Waals surface area contributed by atoms with Crippen molar-refractivity contribution in [3.63, 3.8) is 0 Å². The van der Waals surface area contributed by atoms with Crippen molar-refractivity contribution in [1.29, 1.82) is 0 Å². The number of nitrogens with one attached hydrogen (secondary N) is 2. The van der Waals surface area contributed by atoms with Crippen molar-refractivity contribution < 1.29 is 13.6 Å². The molecule has 0 amide bonds. The summed E-state index contributed by atoms with van der Waals surface area (Å²) in [6.45, 7) is 1.63. The van der Waals surface area contributed by atoms with E-state index in [2.05, 4.69) is 30.5 Å². The Kier molecular flexibility index (Phi) is 4.67. The number of anilines is 1. The molecule has 2 bridgehead atoms. The zero-order chi connectivity index (χ0) is 20.8. The van der Waals surface area contributed by atoms with Crippen molar-refractivity contribution >= 4 is 22.6 Å². The molecule has 0 spiro atoms. The van der Waals surface area contributed by atoms with E-state index < -0.39 is 11.6 Å². The fourth-order valence-electron chi connectivity index (χ4n) is 5.25. The summed E-state index contributed by atoms with van der Waals surface area (Å²) in [5.41, 5.74) is 0.692. The molecule has 0 aromatic carbocycles. The number of halogens is 2. The van der Waals surface area contributed by atoms with Gasteiger partial charge in [-0.3, -0.25) is 9.89 Å². The summed E-state index contributed by atoms with van der Waals surface area (Å²) in [5.74, 6) is -0.229. The average Bonchev–Trinajstić information content (AvgIpc) is 2.89. The third-order valence-electron chi connectivity index (χ3n) is 6.58. The van der Waals surface area contributed by atoms with Gasteiger partial charge in [0.05, 0.1) is 17.8 Å². The van der Waals surface area contributed by atoms with Gasteiger partial charge in [-0.15, -0.1) is 0 Å². The summed E-state index contributed by atoms with van der Waals surface area (Å²) in [6, 6.07) is 1.13. The highest BCUT2D eigenvalue weighted by Gasteiger charge is 2.44. The average molecular weight is 412 g/mol. The molecule has 3 saturated carbocycles. The zero-order valence-corrected chi connectivity index (χ0v) is 16.5. The maximum atomic E-state index is 14.6. The number of nitrogens with zero attached hydrogens (tertiary/aromatic N) is 4. The molecule has 3 heterocycles. The highest BCUT2D eigenvalue weighted by Crippen LogP contribution is 2.44. The summed E-state index contributed by atoms with van der Waals surface area (Å²) >= 11 is 0. The van der Waals surface area contributed by atoms with Gasteiger partial charge in [0.1, 0.15) is 17.3 Å². The lowest BCUT2D eigenvalue weighted by molar-refractivity contribution is -0.124. The Labute approximate surface area is 171 Å². The van der Waals surface area contributed by atoms with Crippen molar-refractivity contribution in [2.75, 3.05) is 5.32 Å². The van der Waals surface area contributed by atoms with Gasteiger partial charge in [-0.1, -0.05) is 6.42 Å². The number of Topliss-reactive ketones (excluding diaryl/α,β-unsaturated/α-hetero) is 1. The summed E-state index contributed by atoms with van der Waals surface area (Å²) in [4.78, 5) is 24.8. The molecule has 0 radical (unpaired) electrons. The summed E-state index contributed by atoms with van der Waals surface area (Å²) in [7, 11) is 0. The first kappa shape index (κ1) is 19.0. The van der Waals surface area contributed by atoms with E-state index in [1.54, 1.807) is 6.92 Å². The maximum absolute atomic E-state index is 14.6. The quantitative estimate of drug-likeness (QED) is 0.675. The molecule has 3 aliphatic carbocycles. The first-order valence-corrected chi connectivity index (χ1v) is 10.3. The second-order valence-electron chi connectivity index (χ2n) is 8.35. The van der Waals surface area contributed by atoms with Gasteiger partial charge in [-0.05, 0) is 50.5 Å². The lowest BCUT2D eigenvalue weighted by Crippen LogP contribution is -2.46. The number of pyridine rings is 1. The highest BCUT2D eigenvalue weighted by molar-refractivity contribution is 5.88. The number of aromatic amines is 1. The fraction of sp³-hybridized carbons (Fsp3) is 0.476. The summed E-state index contributed by atoms with van der Waals surface area (Å²) in [6.07, 6.45) is 7.39. The monoisotopic (exact) mass is 412 g/mol. The van der Waals surface area contributed by atoms with Crippen LogP contribution in [0.1, 0.15) is 39.0 Å². The molecule has 9 heteroatoms. The topological polar surface area (TPSA) is 96.5 Å². The van der Waals surface area contributed by atoms with E-state index in [-0.39, 0.29) is 29.4 Å². The van der Waals surface area contributed by atoms with E-state index in [4.69, 9.17) is 0 Å². The normalized spacial score (nSPS) is 26.0. The van der Waals surface area contributed by atoms with Crippen LogP contribution in [-0.2, 0) is 4.79 Å². The third kappa shape index (κ3) is 3.22. The van der Waals surface area contributed by atoms with Crippen molar-refractivity contribution in [3.05, 3.63) is 30.1 Å². The summed E-state index contributed by atoms with van der Waals surface area (Å²) < 4.78 is 28.3. The van der Waals surface area contributed by atoms with Crippen LogP contribution in [0.4, 0.5) is 14.6 Å². The third-order valence-corrected chi connectivity index (χ3v) is 6.58. The van der Waals surface area contributed by atoms with Gasteiger partial charge in [-0.25, -0.2) is 23.7 Å². The smallest absolute Gasteiger partial charge is 0.183 e. The Morgan fingerprint density at radius 1 is 1.13 bits per heavy atom. The predicted octanol–water partition coefficient (Wildman–Crippen LogP) is 3.89. The first-order valence-electron chi connectivity index (χ1n) is 10.3. The van der Waals surface area contributed by atoms with Crippen LogP contribution in [0.25, 0.3) is 22.6 Å². The van der Waals surface area contributed by atoms with E-state index in [0.717, 1.165) is 44.5 Å². The molecule has 0 aliphatic heterocycles. The molecule has 3 aliphatic rings. The Balaban J connectivity index is 1.52. The molecule has 3 aromatic heterocycles. The number of hydrogen-bond acceptors (Lipinski definition) is 6. The molecule has 2 N–H and O–H groups in total. The van der Waals surface area contributed by atoms with Crippen LogP contribution in [0.15, 0.2) is 18.5 Å². The van der Waals surface area contributed by atoms with Crippen molar-refractivity contribution in [3.8, 4) is 11.5 Å². The van der Waals surface area contributed by atoms with Crippen molar-refractivity contribution in [2.45, 2.75) is 45.1 Å². The minimum absolute atomic E-state index is 0.0518. The van der Waals surface area contributed by atoms with Gasteiger partial charge >= 0.3 is 0 Å². The molecule has 3 aromatic rings. The van der Waals surface area contributed by atoms with Crippen LogP contribution < -0.4 is 5.32 Å². The van der Waals surface area contributed by atoms with E-state index >= 15 is 0 Å². The van der Waals surface area contributed by atoms with E-state index in [0.29, 0.717) is 28.6 Å². The molecular formula is C21H22F2N6O. The molecule has 6 rings (SSSR count). The van der Waals surface area contributed by atoms with E-state index in [1.807, 2.05) is 0 Å². The number of aromatic nitrogens is 5. The van der Waals surface area contributed by atoms with Gasteiger partial charge in [-0.2, -0.15) is 5.10 Å². The van der Waals surface area contributed by atoms with Crippen LogP contribution in [0.3, 0.4) is 0 Å². The van der Waals surface area contributed by atoms with Crippen LogP contribution in [-0.4, -0.2) is 37.0 Å². The largest absolute Gasteiger partial charge is 0.364 e. The van der Waals surface area contributed by atoms with Gasteiger partial charge in [0.2, 0.25) is 0 Å². The number of carbonyl (C=O) groups is 1. The number of fused-ring (bicyclic) bond motifs is 5. The number of rotatable bonds is 4. The zero-order valence-electron chi connectivity index (χ0n) is 16.5. The van der Waals surface area contributed by atoms with Crippen LogP contribution >= 0.6 is 0 Å². The molecule has 4 atom stereocenters. The first-order chi connectivity index (χ1) is 14.5. The molecule has 156 valence electrons. The van der Waals surface area contributed by atoms with Gasteiger partial charge in [0.25, 0.3) is 0 Å². The predicted molar refractivity (Wildman–Crippen MR) is 106 cm³/mol. The molecule has 30 heavy (non-hydrogen) atoms. The number of H-pyrrole nitrogens is 1. The molecule has 7 nitrogen and oxygen atoms in total. The van der Waals surface area contributed by atoms with Gasteiger partial charge in [0.15, 0.2) is 23.1 Å². The molecule has 4 unspecified atom stereocenters. The Bertz CT molecular complexity index is 1110. The van der Waals surface area contributed by atoms with Crippen molar-refractivity contribution in [1.82, 2.24) is 25.1 Å². The summed E-state index contributed by atoms with van der Waals surface area (Å²) in [5, 5.41) is 10.5.